The molecule has 2 heterocycles. The first-order valence-electron chi connectivity index (χ1n) is 6.50. The Balaban J connectivity index is 1.87. The molecule has 1 aromatic heterocycles. The zero-order chi connectivity index (χ0) is 12.3. The molecule has 0 bridgehead atoms. The van der Waals surface area contributed by atoms with Crippen LogP contribution in [0.25, 0.3) is 0 Å². The standard InChI is InChI=1S/C13H21ClN2S/c1-3-13(4-2)5-7-16(8-6-13)10-11-9-15-12(14)17-11/h9H,3-8,10H2,1-2H3. The number of thiazole rings is 1. The van der Waals surface area contributed by atoms with Crippen molar-refractivity contribution in [3.05, 3.63) is 15.5 Å². The van der Waals surface area contributed by atoms with Crippen LogP contribution < -0.4 is 0 Å². The molecule has 1 aliphatic heterocycles. The number of aromatic nitrogens is 1. The molecule has 0 unspecified atom stereocenters. The van der Waals surface area contributed by atoms with Crippen LogP contribution in [0.15, 0.2) is 6.20 Å². The second kappa shape index (κ2) is 5.68. The maximum atomic E-state index is 5.86. The van der Waals surface area contributed by atoms with E-state index in [1.165, 1.54) is 43.6 Å². The Morgan fingerprint density at radius 3 is 2.47 bits per heavy atom. The molecule has 96 valence electrons. The Hall–Kier alpha value is -0.120. The SMILES string of the molecule is CCC1(CC)CCN(Cc2cnc(Cl)s2)CC1. The van der Waals surface area contributed by atoms with E-state index < -0.39 is 0 Å². The van der Waals surface area contributed by atoms with E-state index in [4.69, 9.17) is 11.6 Å². The summed E-state index contributed by atoms with van der Waals surface area (Å²) in [4.78, 5) is 7.92. The Morgan fingerprint density at radius 2 is 2.00 bits per heavy atom. The molecule has 1 saturated heterocycles. The second-order valence-corrected chi connectivity index (χ2v) is 6.76. The summed E-state index contributed by atoms with van der Waals surface area (Å²) in [7, 11) is 0. The quantitative estimate of drug-likeness (QED) is 0.817. The molecule has 0 N–H and O–H groups in total. The lowest BCUT2D eigenvalue weighted by Gasteiger charge is -2.40. The van der Waals surface area contributed by atoms with E-state index in [2.05, 4.69) is 23.7 Å². The van der Waals surface area contributed by atoms with Crippen LogP contribution in [0.2, 0.25) is 4.47 Å². The van der Waals surface area contributed by atoms with Crippen LogP contribution in [0.4, 0.5) is 0 Å². The Bertz CT molecular complexity index is 350. The fourth-order valence-electron chi connectivity index (χ4n) is 2.72. The molecule has 0 spiro atoms. The van der Waals surface area contributed by atoms with E-state index in [-0.39, 0.29) is 0 Å². The van der Waals surface area contributed by atoms with Crippen molar-refractivity contribution in [2.75, 3.05) is 13.1 Å². The summed E-state index contributed by atoms with van der Waals surface area (Å²) in [6.45, 7) is 8.13. The molecule has 4 heteroatoms. The van der Waals surface area contributed by atoms with E-state index >= 15 is 0 Å². The molecule has 1 aliphatic rings. The van der Waals surface area contributed by atoms with Gasteiger partial charge in [0.1, 0.15) is 0 Å². The number of likely N-dealkylation sites (tertiary alicyclic amines) is 1. The zero-order valence-corrected chi connectivity index (χ0v) is 12.3. The molecular formula is C13H21ClN2S. The van der Waals surface area contributed by atoms with Crippen LogP contribution in [0.1, 0.15) is 44.4 Å². The second-order valence-electron chi connectivity index (χ2n) is 5.06. The third-order valence-electron chi connectivity index (χ3n) is 4.32. The normalized spacial score (nSPS) is 20.6. The average molecular weight is 273 g/mol. The highest BCUT2D eigenvalue weighted by molar-refractivity contribution is 7.15. The van der Waals surface area contributed by atoms with Gasteiger partial charge in [-0.1, -0.05) is 38.3 Å². The van der Waals surface area contributed by atoms with Gasteiger partial charge in [0.15, 0.2) is 4.47 Å². The van der Waals surface area contributed by atoms with Crippen LogP contribution in [0.3, 0.4) is 0 Å². The molecule has 0 aliphatic carbocycles. The van der Waals surface area contributed by atoms with Crippen molar-refractivity contribution in [1.82, 2.24) is 9.88 Å². The number of hydrogen-bond donors (Lipinski definition) is 0. The Labute approximate surface area is 113 Å². The molecule has 0 atom stereocenters. The molecule has 2 nitrogen and oxygen atoms in total. The highest BCUT2D eigenvalue weighted by Crippen LogP contribution is 2.38. The molecule has 0 aromatic carbocycles. The molecule has 1 fully saturated rings. The van der Waals surface area contributed by atoms with Gasteiger partial charge < -0.3 is 0 Å². The average Bonchev–Trinajstić information content (AvgIpc) is 2.76. The topological polar surface area (TPSA) is 16.1 Å². The van der Waals surface area contributed by atoms with Crippen LogP contribution in [-0.4, -0.2) is 23.0 Å². The summed E-state index contributed by atoms with van der Waals surface area (Å²) in [5, 5.41) is 0. The van der Waals surface area contributed by atoms with E-state index in [0.29, 0.717) is 9.88 Å². The minimum atomic E-state index is 0.613. The summed E-state index contributed by atoms with van der Waals surface area (Å²) in [5.41, 5.74) is 0.613. The number of rotatable bonds is 4. The highest BCUT2D eigenvalue weighted by atomic mass is 35.5. The Kier molecular flexibility index (Phi) is 4.45. The lowest BCUT2D eigenvalue weighted by Crippen LogP contribution is -2.39. The Morgan fingerprint density at radius 1 is 1.35 bits per heavy atom. The lowest BCUT2D eigenvalue weighted by atomic mass is 9.74. The largest absolute Gasteiger partial charge is 0.298 e. The molecule has 0 radical (unpaired) electrons. The van der Waals surface area contributed by atoms with Gasteiger partial charge in [-0.2, -0.15) is 0 Å². The smallest absolute Gasteiger partial charge is 0.183 e. The van der Waals surface area contributed by atoms with Crippen molar-refractivity contribution in [2.45, 2.75) is 46.1 Å². The minimum absolute atomic E-state index is 0.613. The molecule has 17 heavy (non-hydrogen) atoms. The zero-order valence-electron chi connectivity index (χ0n) is 10.7. The minimum Gasteiger partial charge on any atom is -0.298 e. The van der Waals surface area contributed by atoms with Gasteiger partial charge in [0.2, 0.25) is 0 Å². The van der Waals surface area contributed by atoms with Gasteiger partial charge >= 0.3 is 0 Å². The van der Waals surface area contributed by atoms with Gasteiger partial charge in [-0.15, -0.1) is 11.3 Å². The summed E-state index contributed by atoms with van der Waals surface area (Å²) in [6.07, 6.45) is 7.24. The molecule has 2 rings (SSSR count). The number of nitrogens with zero attached hydrogens (tertiary/aromatic N) is 2. The number of hydrogen-bond acceptors (Lipinski definition) is 3. The van der Waals surface area contributed by atoms with E-state index in [1.807, 2.05) is 6.20 Å². The van der Waals surface area contributed by atoms with E-state index in [9.17, 15) is 0 Å². The number of halogens is 1. The predicted molar refractivity (Wildman–Crippen MR) is 74.7 cm³/mol. The molecule has 0 saturated carbocycles. The van der Waals surface area contributed by atoms with Crippen LogP contribution >= 0.6 is 22.9 Å². The van der Waals surface area contributed by atoms with Gasteiger partial charge in [-0.3, -0.25) is 4.90 Å². The van der Waals surface area contributed by atoms with Crippen molar-refractivity contribution < 1.29 is 0 Å². The first-order chi connectivity index (χ1) is 8.17. The highest BCUT2D eigenvalue weighted by Gasteiger charge is 2.31. The predicted octanol–water partition coefficient (Wildman–Crippen LogP) is 4.20. The van der Waals surface area contributed by atoms with Gasteiger partial charge in [0.05, 0.1) is 0 Å². The molecular weight excluding hydrogens is 252 g/mol. The van der Waals surface area contributed by atoms with Gasteiger partial charge in [-0.25, -0.2) is 4.98 Å². The lowest BCUT2D eigenvalue weighted by molar-refractivity contribution is 0.0915. The van der Waals surface area contributed by atoms with Gasteiger partial charge in [0, 0.05) is 17.6 Å². The third kappa shape index (κ3) is 3.21. The van der Waals surface area contributed by atoms with Crippen molar-refractivity contribution in [2.24, 2.45) is 5.41 Å². The van der Waals surface area contributed by atoms with Gasteiger partial charge in [-0.05, 0) is 31.3 Å². The fraction of sp³-hybridized carbons (Fsp3) is 0.769. The van der Waals surface area contributed by atoms with Crippen molar-refractivity contribution >= 4 is 22.9 Å². The van der Waals surface area contributed by atoms with Crippen molar-refractivity contribution in [3.8, 4) is 0 Å². The summed E-state index contributed by atoms with van der Waals surface area (Å²) in [5.74, 6) is 0. The summed E-state index contributed by atoms with van der Waals surface area (Å²) < 4.78 is 0.661. The van der Waals surface area contributed by atoms with E-state index in [1.54, 1.807) is 11.3 Å². The molecule has 1 aromatic rings. The first kappa shape index (κ1) is 13.3. The fourth-order valence-corrected chi connectivity index (χ4v) is 3.74. The third-order valence-corrected chi connectivity index (χ3v) is 5.42. The van der Waals surface area contributed by atoms with E-state index in [0.717, 1.165) is 6.54 Å². The number of piperidine rings is 1. The summed E-state index contributed by atoms with van der Waals surface area (Å²) in [6, 6.07) is 0. The maximum Gasteiger partial charge on any atom is 0.183 e. The van der Waals surface area contributed by atoms with Crippen molar-refractivity contribution in [1.29, 1.82) is 0 Å². The van der Waals surface area contributed by atoms with Gasteiger partial charge in [0.25, 0.3) is 0 Å². The van der Waals surface area contributed by atoms with Crippen LogP contribution in [0, 0.1) is 5.41 Å². The summed E-state index contributed by atoms with van der Waals surface area (Å²) >= 11 is 7.46. The maximum absolute atomic E-state index is 5.86. The van der Waals surface area contributed by atoms with Crippen LogP contribution in [-0.2, 0) is 6.54 Å². The molecule has 0 amide bonds. The van der Waals surface area contributed by atoms with Crippen molar-refractivity contribution in [3.63, 3.8) is 0 Å². The first-order valence-corrected chi connectivity index (χ1v) is 7.69. The monoisotopic (exact) mass is 272 g/mol. The van der Waals surface area contributed by atoms with Crippen LogP contribution in [0.5, 0.6) is 0 Å².